The third-order valence-electron chi connectivity index (χ3n) is 2.75. The third kappa shape index (κ3) is 5.17. The van der Waals surface area contributed by atoms with Crippen molar-refractivity contribution in [1.82, 2.24) is 4.90 Å². The van der Waals surface area contributed by atoms with E-state index in [-0.39, 0.29) is 5.97 Å². The minimum atomic E-state index is -0.0686. The first kappa shape index (κ1) is 12.5. The number of carbonyl (C=O) groups excluding carboxylic acids is 1. The summed E-state index contributed by atoms with van der Waals surface area (Å²) in [5.74, 6) is -0.0686. The number of unbranched alkanes of at least 4 members (excludes halogenated alkanes) is 2. The Balaban J connectivity index is 2.20. The van der Waals surface area contributed by atoms with Gasteiger partial charge in [0, 0.05) is 6.04 Å². The highest BCUT2D eigenvalue weighted by molar-refractivity contribution is 5.71. The molecule has 0 radical (unpaired) electrons. The van der Waals surface area contributed by atoms with Crippen LogP contribution in [0.5, 0.6) is 0 Å². The molecule has 0 N–H and O–H groups in total. The summed E-state index contributed by atoms with van der Waals surface area (Å²) in [5.41, 5.74) is 0. The molecule has 0 atom stereocenters. The van der Waals surface area contributed by atoms with Gasteiger partial charge in [-0.15, -0.1) is 0 Å². The van der Waals surface area contributed by atoms with Gasteiger partial charge in [-0.3, -0.25) is 9.69 Å². The van der Waals surface area contributed by atoms with Crippen LogP contribution in [-0.4, -0.2) is 36.6 Å². The molecular weight excluding hydrogens is 190 g/mol. The number of nitrogens with zero attached hydrogens (tertiary/aromatic N) is 1. The van der Waals surface area contributed by atoms with Gasteiger partial charge in [-0.1, -0.05) is 19.8 Å². The molecule has 1 fully saturated rings. The van der Waals surface area contributed by atoms with Crippen LogP contribution < -0.4 is 0 Å². The van der Waals surface area contributed by atoms with Gasteiger partial charge in [0.05, 0.1) is 13.2 Å². The Hall–Kier alpha value is -0.570. The van der Waals surface area contributed by atoms with Gasteiger partial charge in [0.15, 0.2) is 0 Å². The highest BCUT2D eigenvalue weighted by Gasteiger charge is 2.29. The summed E-state index contributed by atoms with van der Waals surface area (Å²) in [6.45, 7) is 6.09. The standard InChI is InChI=1S/C12H23NO2/c1-3-5-6-9-13(11-7-8-11)10-12(14)15-4-2/h11H,3-10H2,1-2H3. The number of rotatable bonds is 8. The Morgan fingerprint density at radius 2 is 2.07 bits per heavy atom. The first-order valence-electron chi connectivity index (χ1n) is 6.17. The molecule has 0 saturated heterocycles. The fourth-order valence-corrected chi connectivity index (χ4v) is 1.77. The Kier molecular flexibility index (Phi) is 5.69. The van der Waals surface area contributed by atoms with Gasteiger partial charge in [-0.25, -0.2) is 0 Å². The number of esters is 1. The maximum absolute atomic E-state index is 11.4. The van der Waals surface area contributed by atoms with Crippen molar-refractivity contribution in [3.8, 4) is 0 Å². The molecule has 0 aromatic heterocycles. The Morgan fingerprint density at radius 1 is 1.33 bits per heavy atom. The Morgan fingerprint density at radius 3 is 2.60 bits per heavy atom. The van der Waals surface area contributed by atoms with Crippen LogP contribution in [-0.2, 0) is 9.53 Å². The zero-order valence-corrected chi connectivity index (χ0v) is 10.00. The second kappa shape index (κ2) is 6.83. The van der Waals surface area contributed by atoms with E-state index in [1.807, 2.05) is 6.92 Å². The summed E-state index contributed by atoms with van der Waals surface area (Å²) in [7, 11) is 0. The molecule has 0 aromatic carbocycles. The maximum atomic E-state index is 11.4. The zero-order valence-electron chi connectivity index (χ0n) is 10.00. The van der Waals surface area contributed by atoms with Gasteiger partial charge in [0.1, 0.15) is 0 Å². The van der Waals surface area contributed by atoms with Gasteiger partial charge in [-0.05, 0) is 32.7 Å². The first-order valence-corrected chi connectivity index (χ1v) is 6.17. The van der Waals surface area contributed by atoms with Crippen LogP contribution >= 0.6 is 0 Å². The van der Waals surface area contributed by atoms with Crippen LogP contribution in [0.4, 0.5) is 0 Å². The zero-order chi connectivity index (χ0) is 11.1. The molecule has 1 saturated carbocycles. The lowest BCUT2D eigenvalue weighted by Crippen LogP contribution is -2.33. The fourth-order valence-electron chi connectivity index (χ4n) is 1.77. The van der Waals surface area contributed by atoms with Crippen LogP contribution in [0.2, 0.25) is 0 Å². The minimum absolute atomic E-state index is 0.0686. The largest absolute Gasteiger partial charge is 0.465 e. The maximum Gasteiger partial charge on any atom is 0.320 e. The van der Waals surface area contributed by atoms with Crippen molar-refractivity contribution in [2.75, 3.05) is 19.7 Å². The lowest BCUT2D eigenvalue weighted by Gasteiger charge is -2.20. The third-order valence-corrected chi connectivity index (χ3v) is 2.75. The smallest absolute Gasteiger partial charge is 0.320 e. The summed E-state index contributed by atoms with van der Waals surface area (Å²) in [5, 5.41) is 0. The van der Waals surface area contributed by atoms with E-state index in [2.05, 4.69) is 11.8 Å². The molecule has 1 rings (SSSR count). The van der Waals surface area contributed by atoms with E-state index < -0.39 is 0 Å². The van der Waals surface area contributed by atoms with E-state index in [0.717, 1.165) is 6.54 Å². The van der Waals surface area contributed by atoms with Crippen molar-refractivity contribution in [2.24, 2.45) is 0 Å². The summed E-state index contributed by atoms with van der Waals surface area (Å²) in [6, 6.07) is 0.659. The number of hydrogen-bond donors (Lipinski definition) is 0. The van der Waals surface area contributed by atoms with E-state index in [0.29, 0.717) is 19.2 Å². The molecular formula is C12H23NO2. The second-order valence-corrected chi connectivity index (χ2v) is 4.21. The van der Waals surface area contributed by atoms with Gasteiger partial charge >= 0.3 is 5.97 Å². The first-order chi connectivity index (χ1) is 7.27. The van der Waals surface area contributed by atoms with Crippen molar-refractivity contribution in [2.45, 2.75) is 52.0 Å². The topological polar surface area (TPSA) is 29.5 Å². The van der Waals surface area contributed by atoms with Crippen molar-refractivity contribution in [3.05, 3.63) is 0 Å². The summed E-state index contributed by atoms with van der Waals surface area (Å²) < 4.78 is 4.98. The molecule has 0 bridgehead atoms. The van der Waals surface area contributed by atoms with E-state index in [9.17, 15) is 4.79 Å². The normalized spacial score (nSPS) is 15.7. The lowest BCUT2D eigenvalue weighted by molar-refractivity contribution is -0.144. The minimum Gasteiger partial charge on any atom is -0.465 e. The number of carbonyl (C=O) groups is 1. The van der Waals surface area contributed by atoms with Crippen molar-refractivity contribution in [1.29, 1.82) is 0 Å². The van der Waals surface area contributed by atoms with Gasteiger partial charge in [0.2, 0.25) is 0 Å². The van der Waals surface area contributed by atoms with E-state index in [4.69, 9.17) is 4.74 Å². The quantitative estimate of drug-likeness (QED) is 0.457. The predicted octanol–water partition coefficient (Wildman–Crippen LogP) is 2.20. The number of hydrogen-bond acceptors (Lipinski definition) is 3. The highest BCUT2D eigenvalue weighted by atomic mass is 16.5. The SMILES string of the molecule is CCCCCN(CC(=O)OCC)C1CC1. The Labute approximate surface area is 92.8 Å². The molecule has 0 amide bonds. The van der Waals surface area contributed by atoms with Crippen LogP contribution in [0, 0.1) is 0 Å². The molecule has 1 aliphatic rings. The van der Waals surface area contributed by atoms with Crippen molar-refractivity contribution < 1.29 is 9.53 Å². The Bertz CT molecular complexity index is 190. The van der Waals surface area contributed by atoms with Crippen LogP contribution in [0.15, 0.2) is 0 Å². The van der Waals surface area contributed by atoms with Crippen LogP contribution in [0.25, 0.3) is 0 Å². The van der Waals surface area contributed by atoms with Crippen LogP contribution in [0.1, 0.15) is 46.0 Å². The monoisotopic (exact) mass is 213 g/mol. The average Bonchev–Trinajstić information content (AvgIpc) is 3.00. The van der Waals surface area contributed by atoms with E-state index in [1.165, 1.54) is 32.1 Å². The molecule has 0 aliphatic heterocycles. The molecule has 0 unspecified atom stereocenters. The average molecular weight is 213 g/mol. The van der Waals surface area contributed by atoms with E-state index >= 15 is 0 Å². The van der Waals surface area contributed by atoms with Gasteiger partial charge in [-0.2, -0.15) is 0 Å². The molecule has 0 aromatic rings. The second-order valence-electron chi connectivity index (χ2n) is 4.21. The summed E-state index contributed by atoms with van der Waals surface area (Å²) >= 11 is 0. The summed E-state index contributed by atoms with van der Waals surface area (Å²) in [4.78, 5) is 13.6. The lowest BCUT2D eigenvalue weighted by atomic mass is 10.2. The predicted molar refractivity (Wildman–Crippen MR) is 60.8 cm³/mol. The van der Waals surface area contributed by atoms with Gasteiger partial charge < -0.3 is 4.74 Å². The van der Waals surface area contributed by atoms with Crippen LogP contribution in [0.3, 0.4) is 0 Å². The molecule has 0 spiro atoms. The highest BCUT2D eigenvalue weighted by Crippen LogP contribution is 2.26. The molecule has 88 valence electrons. The van der Waals surface area contributed by atoms with Crippen molar-refractivity contribution >= 4 is 5.97 Å². The van der Waals surface area contributed by atoms with E-state index in [1.54, 1.807) is 0 Å². The molecule has 1 aliphatic carbocycles. The number of ether oxygens (including phenoxy) is 1. The van der Waals surface area contributed by atoms with Gasteiger partial charge in [0.25, 0.3) is 0 Å². The molecule has 3 heteroatoms. The molecule has 15 heavy (non-hydrogen) atoms. The molecule has 3 nitrogen and oxygen atoms in total. The fraction of sp³-hybridized carbons (Fsp3) is 0.917. The van der Waals surface area contributed by atoms with Crippen molar-refractivity contribution in [3.63, 3.8) is 0 Å². The summed E-state index contributed by atoms with van der Waals surface area (Å²) in [6.07, 6.45) is 6.20. The molecule has 0 heterocycles.